The van der Waals surface area contributed by atoms with Crippen LogP contribution in [-0.2, 0) is 0 Å². The third kappa shape index (κ3) is 2.44. The Morgan fingerprint density at radius 2 is 1.71 bits per heavy atom. The zero-order valence-corrected chi connectivity index (χ0v) is 9.36. The molecule has 88 valence electrons. The number of benzene rings is 2. The number of hydrogen-bond donors (Lipinski definition) is 0. The first kappa shape index (κ1) is 11.6. The highest BCUT2D eigenvalue weighted by atomic mass is 19.3. The molecular formula is C14H12F2O. The number of methoxy groups -OCH3 is 1. The van der Waals surface area contributed by atoms with E-state index >= 15 is 0 Å². The summed E-state index contributed by atoms with van der Waals surface area (Å²) in [4.78, 5) is 0. The lowest BCUT2D eigenvalue weighted by molar-refractivity contribution is 0.151. The molecule has 0 unspecified atom stereocenters. The maximum atomic E-state index is 12.6. The van der Waals surface area contributed by atoms with E-state index in [-0.39, 0.29) is 5.56 Å². The molecule has 0 fully saturated rings. The molecule has 0 aromatic heterocycles. The highest BCUT2D eigenvalue weighted by molar-refractivity contribution is 5.70. The van der Waals surface area contributed by atoms with Crippen molar-refractivity contribution in [3.63, 3.8) is 0 Å². The molecule has 0 atom stereocenters. The van der Waals surface area contributed by atoms with Crippen LogP contribution in [0.1, 0.15) is 12.0 Å². The molecule has 0 N–H and O–H groups in total. The SMILES string of the molecule is COc1cc(C(F)F)ccc1-c1ccccc1. The van der Waals surface area contributed by atoms with Gasteiger partial charge in [0.1, 0.15) is 5.75 Å². The summed E-state index contributed by atoms with van der Waals surface area (Å²) in [6.45, 7) is 0. The summed E-state index contributed by atoms with van der Waals surface area (Å²) in [5.41, 5.74) is 1.74. The molecule has 2 aromatic carbocycles. The van der Waals surface area contributed by atoms with Crippen LogP contribution in [0.2, 0.25) is 0 Å². The van der Waals surface area contributed by atoms with Gasteiger partial charge in [-0.3, -0.25) is 0 Å². The lowest BCUT2D eigenvalue weighted by atomic mass is 10.0. The van der Waals surface area contributed by atoms with Crippen LogP contribution in [0, 0.1) is 0 Å². The molecule has 2 rings (SSSR count). The molecule has 0 spiro atoms. The first-order valence-electron chi connectivity index (χ1n) is 5.24. The van der Waals surface area contributed by atoms with Crippen molar-refractivity contribution in [1.82, 2.24) is 0 Å². The van der Waals surface area contributed by atoms with Crippen LogP contribution in [0.25, 0.3) is 11.1 Å². The predicted molar refractivity (Wildman–Crippen MR) is 63.4 cm³/mol. The van der Waals surface area contributed by atoms with E-state index in [0.717, 1.165) is 11.1 Å². The van der Waals surface area contributed by atoms with Gasteiger partial charge in [-0.1, -0.05) is 42.5 Å². The highest BCUT2D eigenvalue weighted by Crippen LogP contribution is 2.33. The molecule has 0 aliphatic rings. The Morgan fingerprint density at radius 1 is 1.00 bits per heavy atom. The zero-order chi connectivity index (χ0) is 12.3. The predicted octanol–water partition coefficient (Wildman–Crippen LogP) is 4.30. The van der Waals surface area contributed by atoms with Gasteiger partial charge in [0.2, 0.25) is 0 Å². The maximum absolute atomic E-state index is 12.6. The summed E-state index contributed by atoms with van der Waals surface area (Å²) in [7, 11) is 1.48. The van der Waals surface area contributed by atoms with Crippen molar-refractivity contribution in [3.05, 3.63) is 54.1 Å². The number of ether oxygens (including phenoxy) is 1. The van der Waals surface area contributed by atoms with E-state index in [1.54, 1.807) is 6.07 Å². The molecule has 0 heterocycles. The van der Waals surface area contributed by atoms with Gasteiger partial charge in [0.05, 0.1) is 7.11 Å². The molecule has 1 nitrogen and oxygen atoms in total. The number of hydrogen-bond acceptors (Lipinski definition) is 1. The van der Waals surface area contributed by atoms with Crippen LogP contribution in [0.4, 0.5) is 8.78 Å². The smallest absolute Gasteiger partial charge is 0.263 e. The van der Waals surface area contributed by atoms with E-state index in [1.165, 1.54) is 19.2 Å². The quantitative estimate of drug-likeness (QED) is 0.769. The third-order valence-corrected chi connectivity index (χ3v) is 2.56. The highest BCUT2D eigenvalue weighted by Gasteiger charge is 2.11. The second-order valence-electron chi connectivity index (χ2n) is 3.63. The Labute approximate surface area is 98.7 Å². The molecule has 0 amide bonds. The minimum Gasteiger partial charge on any atom is -0.496 e. The van der Waals surface area contributed by atoms with Crippen LogP contribution in [0.3, 0.4) is 0 Å². The fourth-order valence-electron chi connectivity index (χ4n) is 1.70. The Kier molecular flexibility index (Phi) is 3.38. The van der Waals surface area contributed by atoms with E-state index in [2.05, 4.69) is 0 Å². The molecule has 0 saturated heterocycles. The lowest BCUT2D eigenvalue weighted by Gasteiger charge is -2.10. The topological polar surface area (TPSA) is 9.23 Å². The van der Waals surface area contributed by atoms with Crippen LogP contribution >= 0.6 is 0 Å². The van der Waals surface area contributed by atoms with Gasteiger partial charge in [-0.2, -0.15) is 0 Å². The summed E-state index contributed by atoms with van der Waals surface area (Å²) < 4.78 is 30.3. The van der Waals surface area contributed by atoms with Crippen LogP contribution < -0.4 is 4.74 Å². The normalized spacial score (nSPS) is 10.6. The zero-order valence-electron chi connectivity index (χ0n) is 9.36. The van der Waals surface area contributed by atoms with Crippen LogP contribution in [0.5, 0.6) is 5.75 Å². The van der Waals surface area contributed by atoms with E-state index in [0.29, 0.717) is 5.75 Å². The molecule has 0 bridgehead atoms. The molecule has 0 aliphatic carbocycles. The van der Waals surface area contributed by atoms with Crippen molar-refractivity contribution in [2.24, 2.45) is 0 Å². The molecule has 3 heteroatoms. The molecule has 2 aromatic rings. The van der Waals surface area contributed by atoms with Gasteiger partial charge in [0.25, 0.3) is 6.43 Å². The largest absolute Gasteiger partial charge is 0.496 e. The summed E-state index contributed by atoms with van der Waals surface area (Å²) in [6.07, 6.45) is -2.48. The summed E-state index contributed by atoms with van der Waals surface area (Å²) in [5.74, 6) is 0.467. The van der Waals surface area contributed by atoms with Gasteiger partial charge in [0, 0.05) is 11.1 Å². The third-order valence-electron chi connectivity index (χ3n) is 2.56. The Balaban J connectivity index is 2.49. The molecule has 17 heavy (non-hydrogen) atoms. The van der Waals surface area contributed by atoms with Crippen LogP contribution in [-0.4, -0.2) is 7.11 Å². The van der Waals surface area contributed by atoms with Crippen molar-refractivity contribution in [1.29, 1.82) is 0 Å². The molecule has 0 aliphatic heterocycles. The van der Waals surface area contributed by atoms with Crippen LogP contribution in [0.15, 0.2) is 48.5 Å². The van der Waals surface area contributed by atoms with Gasteiger partial charge in [-0.25, -0.2) is 8.78 Å². The average molecular weight is 234 g/mol. The van der Waals surface area contributed by atoms with Gasteiger partial charge in [0.15, 0.2) is 0 Å². The van der Waals surface area contributed by atoms with Gasteiger partial charge in [-0.15, -0.1) is 0 Å². The van der Waals surface area contributed by atoms with Crippen molar-refractivity contribution >= 4 is 0 Å². The number of rotatable bonds is 3. The van der Waals surface area contributed by atoms with E-state index in [4.69, 9.17) is 4.74 Å². The van der Waals surface area contributed by atoms with E-state index < -0.39 is 6.43 Å². The summed E-state index contributed by atoms with van der Waals surface area (Å²) >= 11 is 0. The first-order valence-corrected chi connectivity index (χ1v) is 5.24. The van der Waals surface area contributed by atoms with Gasteiger partial charge < -0.3 is 4.74 Å². The molecule has 0 radical (unpaired) electrons. The Bertz CT molecular complexity index is 495. The second kappa shape index (κ2) is 4.95. The average Bonchev–Trinajstić information content (AvgIpc) is 2.39. The van der Waals surface area contributed by atoms with Crippen molar-refractivity contribution in [3.8, 4) is 16.9 Å². The Hall–Kier alpha value is -1.90. The Morgan fingerprint density at radius 3 is 2.29 bits per heavy atom. The van der Waals surface area contributed by atoms with E-state index in [1.807, 2.05) is 30.3 Å². The van der Waals surface area contributed by atoms with Crippen molar-refractivity contribution in [2.75, 3.05) is 7.11 Å². The maximum Gasteiger partial charge on any atom is 0.263 e. The molecule has 0 saturated carbocycles. The first-order chi connectivity index (χ1) is 8.22. The monoisotopic (exact) mass is 234 g/mol. The number of alkyl halides is 2. The second-order valence-corrected chi connectivity index (χ2v) is 3.63. The lowest BCUT2D eigenvalue weighted by Crippen LogP contribution is -1.91. The standard InChI is InChI=1S/C14H12F2O/c1-17-13-9-11(14(15)16)7-8-12(13)10-5-3-2-4-6-10/h2-9,14H,1H3. The van der Waals surface area contributed by atoms with Gasteiger partial charge in [-0.05, 0) is 11.6 Å². The minimum atomic E-state index is -2.48. The fourth-order valence-corrected chi connectivity index (χ4v) is 1.70. The van der Waals surface area contributed by atoms with Crippen molar-refractivity contribution < 1.29 is 13.5 Å². The summed E-state index contributed by atoms with van der Waals surface area (Å²) in [6, 6.07) is 14.0. The minimum absolute atomic E-state index is 0.0264. The molecular weight excluding hydrogens is 222 g/mol. The van der Waals surface area contributed by atoms with Gasteiger partial charge >= 0.3 is 0 Å². The fraction of sp³-hybridized carbons (Fsp3) is 0.143. The number of halogens is 2. The van der Waals surface area contributed by atoms with Crippen molar-refractivity contribution in [2.45, 2.75) is 6.43 Å². The summed E-state index contributed by atoms with van der Waals surface area (Å²) in [5, 5.41) is 0. The van der Waals surface area contributed by atoms with E-state index in [9.17, 15) is 8.78 Å².